The van der Waals surface area contributed by atoms with Crippen LogP contribution in [-0.4, -0.2) is 42.3 Å². The molecule has 1 heterocycles. The average molecular weight is 226 g/mol. The Balaban J connectivity index is 1.83. The Labute approximate surface area is 97.3 Å². The Morgan fingerprint density at radius 2 is 1.75 bits per heavy atom. The van der Waals surface area contributed by atoms with Crippen molar-refractivity contribution >= 4 is 6.03 Å². The molecule has 1 saturated heterocycles. The van der Waals surface area contributed by atoms with Gasteiger partial charge in [0, 0.05) is 19.1 Å². The molecule has 2 amide bonds. The van der Waals surface area contributed by atoms with Crippen LogP contribution in [0.1, 0.15) is 39.5 Å². The zero-order chi connectivity index (χ0) is 11.5. The minimum Gasteiger partial charge on any atom is -0.372 e. The second-order valence-corrected chi connectivity index (χ2v) is 5.09. The summed E-state index contributed by atoms with van der Waals surface area (Å²) in [5, 5.41) is 3.12. The number of nitrogens with zero attached hydrogens (tertiary/aromatic N) is 1. The van der Waals surface area contributed by atoms with Crippen molar-refractivity contribution in [1.29, 1.82) is 0 Å². The number of ether oxygens (including phenoxy) is 1. The van der Waals surface area contributed by atoms with Gasteiger partial charge in [0.25, 0.3) is 0 Å². The fourth-order valence-electron chi connectivity index (χ4n) is 2.68. The van der Waals surface area contributed by atoms with Crippen LogP contribution in [0.3, 0.4) is 0 Å². The molecule has 4 nitrogen and oxygen atoms in total. The smallest absolute Gasteiger partial charge is 0.317 e. The first-order chi connectivity index (χ1) is 7.65. The molecular formula is C12H22N2O2. The number of morpholine rings is 1. The molecule has 16 heavy (non-hydrogen) atoms. The summed E-state index contributed by atoms with van der Waals surface area (Å²) < 4.78 is 5.61. The highest BCUT2D eigenvalue weighted by Crippen LogP contribution is 2.18. The summed E-state index contributed by atoms with van der Waals surface area (Å²) in [5.74, 6) is 0. The number of urea groups is 1. The molecule has 1 N–H and O–H groups in total. The van der Waals surface area contributed by atoms with Gasteiger partial charge in [-0.2, -0.15) is 0 Å². The van der Waals surface area contributed by atoms with Crippen molar-refractivity contribution in [3.05, 3.63) is 0 Å². The third kappa shape index (κ3) is 2.88. The maximum absolute atomic E-state index is 12.0. The van der Waals surface area contributed by atoms with Crippen LogP contribution in [-0.2, 0) is 4.74 Å². The van der Waals surface area contributed by atoms with Crippen molar-refractivity contribution in [1.82, 2.24) is 10.2 Å². The Morgan fingerprint density at radius 3 is 2.31 bits per heavy atom. The minimum absolute atomic E-state index is 0.0916. The number of carbonyl (C=O) groups excluding carboxylic acids is 1. The van der Waals surface area contributed by atoms with Crippen molar-refractivity contribution in [2.75, 3.05) is 13.1 Å². The van der Waals surface area contributed by atoms with Gasteiger partial charge in [-0.05, 0) is 26.7 Å². The summed E-state index contributed by atoms with van der Waals surface area (Å²) in [6.07, 6.45) is 5.08. The molecule has 0 unspecified atom stereocenters. The molecule has 92 valence electrons. The van der Waals surface area contributed by atoms with Crippen LogP contribution >= 0.6 is 0 Å². The standard InChI is InChI=1S/C12H22N2O2/c1-9-7-14(8-10(2)16-9)12(15)13-11-5-3-4-6-11/h9-11H,3-8H2,1-2H3,(H,13,15)/t9-,10+. The predicted molar refractivity (Wildman–Crippen MR) is 62.4 cm³/mol. The summed E-state index contributed by atoms with van der Waals surface area (Å²) in [7, 11) is 0. The fourth-order valence-corrected chi connectivity index (χ4v) is 2.68. The summed E-state index contributed by atoms with van der Waals surface area (Å²) in [6.45, 7) is 5.46. The molecule has 1 saturated carbocycles. The van der Waals surface area contributed by atoms with E-state index in [0.29, 0.717) is 19.1 Å². The number of carbonyl (C=O) groups is 1. The summed E-state index contributed by atoms with van der Waals surface area (Å²) in [6, 6.07) is 0.495. The molecule has 0 radical (unpaired) electrons. The van der Waals surface area contributed by atoms with E-state index < -0.39 is 0 Å². The maximum Gasteiger partial charge on any atom is 0.317 e. The molecule has 1 aliphatic carbocycles. The molecule has 1 aliphatic heterocycles. The third-order valence-electron chi connectivity index (χ3n) is 3.39. The number of amides is 2. The van der Waals surface area contributed by atoms with Crippen LogP contribution < -0.4 is 5.32 Å². The lowest BCUT2D eigenvalue weighted by atomic mass is 10.2. The number of hydrogen-bond donors (Lipinski definition) is 1. The first kappa shape index (κ1) is 11.7. The monoisotopic (exact) mass is 226 g/mol. The van der Waals surface area contributed by atoms with Crippen molar-refractivity contribution in [2.24, 2.45) is 0 Å². The van der Waals surface area contributed by atoms with E-state index in [0.717, 1.165) is 12.8 Å². The van der Waals surface area contributed by atoms with Crippen molar-refractivity contribution in [3.63, 3.8) is 0 Å². The van der Waals surface area contributed by atoms with E-state index in [-0.39, 0.29) is 18.2 Å². The first-order valence-electron chi connectivity index (χ1n) is 6.36. The van der Waals surface area contributed by atoms with Crippen LogP contribution in [0.25, 0.3) is 0 Å². The highest BCUT2D eigenvalue weighted by molar-refractivity contribution is 5.74. The average Bonchev–Trinajstić information content (AvgIpc) is 2.68. The van der Waals surface area contributed by atoms with E-state index in [1.807, 2.05) is 18.7 Å². The Kier molecular flexibility index (Phi) is 3.69. The second-order valence-electron chi connectivity index (χ2n) is 5.09. The molecular weight excluding hydrogens is 204 g/mol. The highest BCUT2D eigenvalue weighted by atomic mass is 16.5. The molecule has 2 atom stereocenters. The maximum atomic E-state index is 12.0. The van der Waals surface area contributed by atoms with E-state index in [2.05, 4.69) is 5.32 Å². The van der Waals surface area contributed by atoms with Gasteiger partial charge in [0.1, 0.15) is 0 Å². The van der Waals surface area contributed by atoms with Crippen LogP contribution in [0.5, 0.6) is 0 Å². The van der Waals surface area contributed by atoms with Gasteiger partial charge in [-0.25, -0.2) is 4.79 Å². The van der Waals surface area contributed by atoms with Gasteiger partial charge in [0.2, 0.25) is 0 Å². The predicted octanol–water partition coefficient (Wildman–Crippen LogP) is 1.75. The van der Waals surface area contributed by atoms with Gasteiger partial charge in [0.15, 0.2) is 0 Å². The summed E-state index contributed by atoms with van der Waals surface area (Å²) >= 11 is 0. The van der Waals surface area contributed by atoms with Gasteiger partial charge in [-0.3, -0.25) is 0 Å². The van der Waals surface area contributed by atoms with E-state index in [9.17, 15) is 4.79 Å². The van der Waals surface area contributed by atoms with Crippen LogP contribution in [0, 0.1) is 0 Å². The molecule has 2 fully saturated rings. The van der Waals surface area contributed by atoms with E-state index in [4.69, 9.17) is 4.74 Å². The Hall–Kier alpha value is -0.770. The quantitative estimate of drug-likeness (QED) is 0.740. The lowest BCUT2D eigenvalue weighted by Crippen LogP contribution is -2.53. The Bertz CT molecular complexity index is 241. The van der Waals surface area contributed by atoms with Gasteiger partial charge in [0.05, 0.1) is 12.2 Å². The Morgan fingerprint density at radius 1 is 1.19 bits per heavy atom. The minimum atomic E-state index is 0.0916. The topological polar surface area (TPSA) is 41.6 Å². The molecule has 2 aliphatic rings. The van der Waals surface area contributed by atoms with E-state index in [1.165, 1.54) is 12.8 Å². The molecule has 0 aromatic carbocycles. The second kappa shape index (κ2) is 5.04. The molecule has 0 aromatic rings. The molecule has 0 bridgehead atoms. The van der Waals surface area contributed by atoms with E-state index >= 15 is 0 Å². The molecule has 4 heteroatoms. The lowest BCUT2D eigenvalue weighted by molar-refractivity contribution is -0.0547. The van der Waals surface area contributed by atoms with Crippen LogP contribution in [0.2, 0.25) is 0 Å². The number of nitrogens with one attached hydrogen (secondary N) is 1. The zero-order valence-corrected chi connectivity index (χ0v) is 10.2. The number of hydrogen-bond acceptors (Lipinski definition) is 2. The lowest BCUT2D eigenvalue weighted by Gasteiger charge is -2.35. The highest BCUT2D eigenvalue weighted by Gasteiger charge is 2.27. The largest absolute Gasteiger partial charge is 0.372 e. The third-order valence-corrected chi connectivity index (χ3v) is 3.39. The van der Waals surface area contributed by atoms with Gasteiger partial charge < -0.3 is 15.0 Å². The molecule has 2 rings (SSSR count). The summed E-state index contributed by atoms with van der Waals surface area (Å²) in [4.78, 5) is 13.9. The summed E-state index contributed by atoms with van der Waals surface area (Å²) in [5.41, 5.74) is 0. The number of rotatable bonds is 1. The van der Waals surface area contributed by atoms with Crippen molar-refractivity contribution < 1.29 is 9.53 Å². The van der Waals surface area contributed by atoms with Crippen molar-refractivity contribution in [3.8, 4) is 0 Å². The zero-order valence-electron chi connectivity index (χ0n) is 10.2. The molecule has 0 aromatic heterocycles. The van der Waals surface area contributed by atoms with Crippen molar-refractivity contribution in [2.45, 2.75) is 57.8 Å². The fraction of sp³-hybridized carbons (Fsp3) is 0.917. The van der Waals surface area contributed by atoms with Crippen LogP contribution in [0.15, 0.2) is 0 Å². The van der Waals surface area contributed by atoms with Gasteiger partial charge in [-0.1, -0.05) is 12.8 Å². The first-order valence-corrected chi connectivity index (χ1v) is 6.36. The molecule has 0 spiro atoms. The van der Waals surface area contributed by atoms with E-state index in [1.54, 1.807) is 0 Å². The normalized spacial score (nSPS) is 31.8. The van der Waals surface area contributed by atoms with Crippen LogP contribution in [0.4, 0.5) is 4.79 Å². The van der Waals surface area contributed by atoms with Gasteiger partial charge in [-0.15, -0.1) is 0 Å². The SMILES string of the molecule is C[C@@H]1CN(C(=O)NC2CCCC2)C[C@H](C)O1. The van der Waals surface area contributed by atoms with Gasteiger partial charge >= 0.3 is 6.03 Å².